The molecule has 0 radical (unpaired) electrons. The average molecular weight is 283 g/mol. The molecule has 21 heavy (non-hydrogen) atoms. The van der Waals surface area contributed by atoms with Crippen LogP contribution in [0.15, 0.2) is 42.5 Å². The molecular weight excluding hydrogens is 270 g/mol. The maximum absolute atomic E-state index is 12.3. The fourth-order valence-corrected chi connectivity index (χ4v) is 2.58. The third kappa shape index (κ3) is 2.05. The maximum atomic E-state index is 12.3. The van der Waals surface area contributed by atoms with Crippen LogP contribution >= 0.6 is 0 Å². The monoisotopic (exact) mass is 283 g/mol. The Bertz CT molecular complexity index is 867. The molecule has 1 heterocycles. The van der Waals surface area contributed by atoms with Crippen molar-refractivity contribution in [3.8, 4) is 0 Å². The molecule has 0 spiro atoms. The van der Waals surface area contributed by atoms with Crippen molar-refractivity contribution >= 4 is 33.4 Å². The van der Waals surface area contributed by atoms with Crippen molar-refractivity contribution in [2.75, 3.05) is 6.54 Å². The Hall–Kier alpha value is -2.73. The highest BCUT2D eigenvalue weighted by molar-refractivity contribution is 6.13. The summed E-state index contributed by atoms with van der Waals surface area (Å²) in [5.41, 5.74) is 6.88. The van der Waals surface area contributed by atoms with E-state index >= 15 is 0 Å². The topological polar surface area (TPSA) is 91.2 Å². The number of nitrogens with zero attached hydrogens (tertiary/aromatic N) is 2. The van der Waals surface area contributed by atoms with Crippen LogP contribution in [0.1, 0.15) is 11.2 Å². The number of carbonyl (C=O) groups is 1. The second-order valence-corrected chi connectivity index (χ2v) is 4.74. The van der Waals surface area contributed by atoms with E-state index < -0.39 is 4.92 Å². The van der Waals surface area contributed by atoms with Gasteiger partial charge in [-0.1, -0.05) is 18.2 Å². The molecule has 0 unspecified atom stereocenters. The summed E-state index contributed by atoms with van der Waals surface area (Å²) >= 11 is 0. The minimum absolute atomic E-state index is 0.0108. The van der Waals surface area contributed by atoms with Gasteiger partial charge in [0.15, 0.2) is 0 Å². The van der Waals surface area contributed by atoms with E-state index in [0.29, 0.717) is 10.9 Å². The van der Waals surface area contributed by atoms with Gasteiger partial charge in [-0.2, -0.15) is 0 Å². The Morgan fingerprint density at radius 2 is 1.86 bits per heavy atom. The Labute approximate surface area is 119 Å². The number of fused-ring (bicyclic) bond motifs is 3. The van der Waals surface area contributed by atoms with Gasteiger partial charge in [-0.05, 0) is 12.1 Å². The van der Waals surface area contributed by atoms with E-state index in [1.807, 2.05) is 24.3 Å². The molecule has 0 aliphatic heterocycles. The van der Waals surface area contributed by atoms with Crippen molar-refractivity contribution in [2.24, 2.45) is 5.73 Å². The Kier molecular flexibility index (Phi) is 3.15. The molecule has 0 saturated carbocycles. The SMILES string of the molecule is NCCC(=O)n1c2ccccc2c2cc([N+](=O)[O-])ccc21. The summed E-state index contributed by atoms with van der Waals surface area (Å²) in [4.78, 5) is 22.8. The fraction of sp³-hybridized carbons (Fsp3) is 0.133. The van der Waals surface area contributed by atoms with Crippen LogP contribution in [0.25, 0.3) is 21.8 Å². The number of carbonyl (C=O) groups excluding carboxylic acids is 1. The Morgan fingerprint density at radius 3 is 2.57 bits per heavy atom. The minimum atomic E-state index is -0.437. The predicted molar refractivity (Wildman–Crippen MR) is 80.4 cm³/mol. The van der Waals surface area contributed by atoms with E-state index in [9.17, 15) is 14.9 Å². The summed E-state index contributed by atoms with van der Waals surface area (Å²) in [5, 5.41) is 12.5. The number of aromatic nitrogens is 1. The zero-order chi connectivity index (χ0) is 15.0. The van der Waals surface area contributed by atoms with Crippen LogP contribution in [-0.2, 0) is 0 Å². The molecule has 0 amide bonds. The van der Waals surface area contributed by atoms with Gasteiger partial charge in [-0.3, -0.25) is 19.5 Å². The summed E-state index contributed by atoms with van der Waals surface area (Å²) < 4.78 is 1.58. The molecule has 3 aromatic rings. The number of nitro groups is 1. The molecule has 0 saturated heterocycles. The number of non-ortho nitro benzene ring substituents is 1. The number of nitrogens with two attached hydrogens (primary N) is 1. The smallest absolute Gasteiger partial charge is 0.270 e. The molecule has 0 aliphatic carbocycles. The molecule has 6 nitrogen and oxygen atoms in total. The zero-order valence-electron chi connectivity index (χ0n) is 11.2. The molecular formula is C15H13N3O3. The van der Waals surface area contributed by atoms with Gasteiger partial charge in [0.05, 0.1) is 16.0 Å². The first-order valence-corrected chi connectivity index (χ1v) is 6.54. The van der Waals surface area contributed by atoms with Gasteiger partial charge in [0.2, 0.25) is 5.91 Å². The van der Waals surface area contributed by atoms with Gasteiger partial charge in [0.25, 0.3) is 5.69 Å². The maximum Gasteiger partial charge on any atom is 0.270 e. The van der Waals surface area contributed by atoms with E-state index in [4.69, 9.17) is 5.73 Å². The lowest BCUT2D eigenvalue weighted by atomic mass is 10.1. The summed E-state index contributed by atoms with van der Waals surface area (Å²) in [6.45, 7) is 0.264. The molecule has 3 rings (SSSR count). The van der Waals surface area contributed by atoms with Crippen molar-refractivity contribution < 1.29 is 9.72 Å². The second-order valence-electron chi connectivity index (χ2n) is 4.74. The lowest BCUT2D eigenvalue weighted by Gasteiger charge is -2.04. The van der Waals surface area contributed by atoms with Crippen LogP contribution in [0.5, 0.6) is 0 Å². The Morgan fingerprint density at radius 1 is 1.14 bits per heavy atom. The lowest BCUT2D eigenvalue weighted by Crippen LogP contribution is -2.15. The predicted octanol–water partition coefficient (Wildman–Crippen LogP) is 2.69. The summed E-state index contributed by atoms with van der Waals surface area (Å²) in [7, 11) is 0. The summed E-state index contributed by atoms with van der Waals surface area (Å²) in [6.07, 6.45) is 0.227. The molecule has 0 aliphatic rings. The van der Waals surface area contributed by atoms with Gasteiger partial charge in [-0.25, -0.2) is 0 Å². The van der Waals surface area contributed by atoms with Crippen molar-refractivity contribution in [3.05, 3.63) is 52.6 Å². The van der Waals surface area contributed by atoms with Gasteiger partial charge in [0, 0.05) is 35.9 Å². The molecule has 0 bridgehead atoms. The standard InChI is InChI=1S/C15H13N3O3/c16-8-7-15(19)17-13-4-2-1-3-11(13)12-9-10(18(20)21)5-6-14(12)17/h1-6,9H,7-8,16H2. The third-order valence-corrected chi connectivity index (χ3v) is 3.47. The highest BCUT2D eigenvalue weighted by Crippen LogP contribution is 2.31. The Balaban J connectivity index is 2.39. The van der Waals surface area contributed by atoms with Crippen molar-refractivity contribution in [1.82, 2.24) is 4.57 Å². The molecule has 1 aromatic heterocycles. The van der Waals surface area contributed by atoms with Crippen LogP contribution in [0.3, 0.4) is 0 Å². The quantitative estimate of drug-likeness (QED) is 0.591. The highest BCUT2D eigenvalue weighted by atomic mass is 16.6. The van der Waals surface area contributed by atoms with E-state index in [1.165, 1.54) is 12.1 Å². The van der Waals surface area contributed by atoms with Crippen LogP contribution in [0.2, 0.25) is 0 Å². The zero-order valence-corrected chi connectivity index (χ0v) is 11.2. The number of hydrogen-bond donors (Lipinski definition) is 1. The molecule has 2 aromatic carbocycles. The first-order chi connectivity index (χ1) is 10.1. The summed E-state index contributed by atoms with van der Waals surface area (Å²) in [6, 6.07) is 11.9. The molecule has 2 N–H and O–H groups in total. The number of hydrogen-bond acceptors (Lipinski definition) is 4. The van der Waals surface area contributed by atoms with Crippen molar-refractivity contribution in [1.29, 1.82) is 0 Å². The van der Waals surface area contributed by atoms with Gasteiger partial charge < -0.3 is 5.73 Å². The number of rotatable bonds is 3. The van der Waals surface area contributed by atoms with Crippen LogP contribution < -0.4 is 5.73 Å². The van der Waals surface area contributed by atoms with E-state index in [1.54, 1.807) is 10.6 Å². The first kappa shape index (κ1) is 13.3. The minimum Gasteiger partial charge on any atom is -0.330 e. The van der Waals surface area contributed by atoms with Crippen LogP contribution in [-0.4, -0.2) is 21.9 Å². The fourth-order valence-electron chi connectivity index (χ4n) is 2.58. The number of benzene rings is 2. The van der Waals surface area contributed by atoms with Crippen molar-refractivity contribution in [3.63, 3.8) is 0 Å². The normalized spacial score (nSPS) is 11.1. The molecule has 106 valence electrons. The second kappa shape index (κ2) is 4.99. The van der Waals surface area contributed by atoms with E-state index in [0.717, 1.165) is 10.9 Å². The van der Waals surface area contributed by atoms with Gasteiger partial charge >= 0.3 is 0 Å². The van der Waals surface area contributed by atoms with Crippen molar-refractivity contribution in [2.45, 2.75) is 6.42 Å². The van der Waals surface area contributed by atoms with Crippen LogP contribution in [0.4, 0.5) is 5.69 Å². The highest BCUT2D eigenvalue weighted by Gasteiger charge is 2.17. The number of para-hydroxylation sites is 1. The molecule has 0 atom stereocenters. The third-order valence-electron chi connectivity index (χ3n) is 3.47. The summed E-state index contributed by atoms with van der Waals surface area (Å²) in [5.74, 6) is -0.113. The van der Waals surface area contributed by atoms with Gasteiger partial charge in [0.1, 0.15) is 0 Å². The molecule has 6 heteroatoms. The average Bonchev–Trinajstić information content (AvgIpc) is 2.81. The lowest BCUT2D eigenvalue weighted by molar-refractivity contribution is -0.384. The molecule has 0 fully saturated rings. The van der Waals surface area contributed by atoms with E-state index in [2.05, 4.69) is 0 Å². The van der Waals surface area contributed by atoms with E-state index in [-0.39, 0.29) is 24.6 Å². The van der Waals surface area contributed by atoms with Crippen LogP contribution in [0, 0.1) is 10.1 Å². The first-order valence-electron chi connectivity index (χ1n) is 6.54. The van der Waals surface area contributed by atoms with Gasteiger partial charge in [-0.15, -0.1) is 0 Å². The largest absolute Gasteiger partial charge is 0.330 e. The number of nitro benzene ring substituents is 1.